The van der Waals surface area contributed by atoms with Crippen LogP contribution in [0.3, 0.4) is 0 Å². The minimum atomic E-state index is -1.34. The summed E-state index contributed by atoms with van der Waals surface area (Å²) >= 11 is 0. The molecule has 2 heterocycles. The summed E-state index contributed by atoms with van der Waals surface area (Å²) in [5, 5.41) is 28.6. The van der Waals surface area contributed by atoms with E-state index < -0.39 is 36.8 Å². The van der Waals surface area contributed by atoms with Gasteiger partial charge in [-0.15, -0.1) is 0 Å². The summed E-state index contributed by atoms with van der Waals surface area (Å²) < 4.78 is 6.33. The highest BCUT2D eigenvalue weighted by atomic mass is 16.6. The van der Waals surface area contributed by atoms with E-state index in [0.717, 1.165) is 4.57 Å². The lowest BCUT2D eigenvalue weighted by Crippen LogP contribution is -2.36. The number of rotatable bonds is 3. The smallest absolute Gasteiger partial charge is 0.351 e. The average Bonchev–Trinajstić information content (AvgIpc) is 2.70. The molecule has 2 rings (SSSR count). The molecule has 0 bridgehead atoms. The van der Waals surface area contributed by atoms with Gasteiger partial charge in [0.05, 0.1) is 6.61 Å². The molecule has 1 fully saturated rings. The maximum atomic E-state index is 11.8. The van der Waals surface area contributed by atoms with Crippen LogP contribution >= 0.6 is 0 Å². The molecule has 4 atom stereocenters. The molecule has 0 amide bonds. The molecule has 5 N–H and O–H groups in total. The Kier molecular flexibility index (Phi) is 4.19. The number of aliphatic hydroxyl groups excluding tert-OH is 3. The molecule has 20 heavy (non-hydrogen) atoms. The van der Waals surface area contributed by atoms with Gasteiger partial charge in [0.25, 0.3) is 0 Å². The maximum Gasteiger partial charge on any atom is 0.351 e. The molecule has 1 aliphatic heterocycles. The first-order chi connectivity index (χ1) is 9.49. The second-order valence-electron chi connectivity index (χ2n) is 4.50. The predicted molar refractivity (Wildman–Crippen MR) is 70.6 cm³/mol. The minimum absolute atomic E-state index is 0.0658. The molecule has 0 aromatic carbocycles. The highest BCUT2D eigenvalue weighted by Gasteiger charge is 2.43. The van der Waals surface area contributed by atoms with Crippen molar-refractivity contribution < 1.29 is 20.1 Å². The van der Waals surface area contributed by atoms with Gasteiger partial charge in [-0.25, -0.2) is 4.79 Å². The topological polar surface area (TPSA) is 131 Å². The highest BCUT2D eigenvalue weighted by Crippen LogP contribution is 2.28. The number of nitrogens with zero attached hydrogens (tertiary/aromatic N) is 2. The quantitative estimate of drug-likeness (QED) is 0.529. The molecule has 0 unspecified atom stereocenters. The van der Waals surface area contributed by atoms with Crippen molar-refractivity contribution in [1.82, 2.24) is 9.55 Å². The first-order valence-corrected chi connectivity index (χ1v) is 6.13. The van der Waals surface area contributed by atoms with Crippen LogP contribution in [-0.2, 0) is 4.74 Å². The number of anilines is 1. The van der Waals surface area contributed by atoms with Crippen molar-refractivity contribution in [1.29, 1.82) is 0 Å². The number of aromatic nitrogens is 2. The molecule has 0 radical (unpaired) electrons. The van der Waals surface area contributed by atoms with Crippen molar-refractivity contribution in [3.63, 3.8) is 0 Å². The average molecular weight is 283 g/mol. The second-order valence-corrected chi connectivity index (χ2v) is 4.50. The van der Waals surface area contributed by atoms with E-state index in [0.29, 0.717) is 5.56 Å². The van der Waals surface area contributed by atoms with Crippen molar-refractivity contribution in [3.05, 3.63) is 28.3 Å². The number of allylic oxidation sites excluding steroid dienone is 1. The van der Waals surface area contributed by atoms with Gasteiger partial charge >= 0.3 is 5.69 Å². The van der Waals surface area contributed by atoms with Gasteiger partial charge in [0.15, 0.2) is 6.23 Å². The Morgan fingerprint density at radius 2 is 2.20 bits per heavy atom. The zero-order chi connectivity index (χ0) is 14.9. The van der Waals surface area contributed by atoms with Crippen molar-refractivity contribution in [2.45, 2.75) is 31.5 Å². The van der Waals surface area contributed by atoms with Crippen molar-refractivity contribution in [3.8, 4) is 0 Å². The Balaban J connectivity index is 2.43. The van der Waals surface area contributed by atoms with Crippen LogP contribution in [0, 0.1) is 0 Å². The summed E-state index contributed by atoms with van der Waals surface area (Å²) in [6.07, 6.45) is 0.0779. The van der Waals surface area contributed by atoms with E-state index in [-0.39, 0.29) is 5.82 Å². The lowest BCUT2D eigenvalue weighted by molar-refractivity contribution is -0.0549. The van der Waals surface area contributed by atoms with E-state index in [1.165, 1.54) is 6.20 Å². The van der Waals surface area contributed by atoms with Gasteiger partial charge < -0.3 is 25.8 Å². The van der Waals surface area contributed by atoms with E-state index in [1.54, 1.807) is 19.1 Å². The van der Waals surface area contributed by atoms with Gasteiger partial charge in [-0.1, -0.05) is 12.2 Å². The Labute approximate surface area is 114 Å². The maximum absolute atomic E-state index is 11.8. The van der Waals surface area contributed by atoms with Gasteiger partial charge in [-0.05, 0) is 6.92 Å². The van der Waals surface area contributed by atoms with Gasteiger partial charge in [0.2, 0.25) is 0 Å². The highest BCUT2D eigenvalue weighted by molar-refractivity contribution is 5.59. The molecule has 8 nitrogen and oxygen atoms in total. The molecule has 8 heteroatoms. The SMILES string of the molecule is CC=Cc1cn([C@@H]2O[C@H](CO)[C@@H](O)[C@H]2O)c(=O)nc1N. The van der Waals surface area contributed by atoms with Crippen LogP contribution in [0.1, 0.15) is 18.7 Å². The number of nitrogens with two attached hydrogens (primary N) is 1. The summed E-state index contributed by atoms with van der Waals surface area (Å²) in [6, 6.07) is 0. The largest absolute Gasteiger partial charge is 0.394 e. The van der Waals surface area contributed by atoms with E-state index in [2.05, 4.69) is 4.98 Å². The van der Waals surface area contributed by atoms with E-state index in [4.69, 9.17) is 15.6 Å². The van der Waals surface area contributed by atoms with Crippen LogP contribution in [0.2, 0.25) is 0 Å². The molecule has 0 spiro atoms. The van der Waals surface area contributed by atoms with Crippen molar-refractivity contribution >= 4 is 11.9 Å². The Hall–Kier alpha value is -1.74. The molecule has 1 aromatic rings. The lowest BCUT2D eigenvalue weighted by atomic mass is 10.1. The molecule has 110 valence electrons. The molecular formula is C12H17N3O5. The summed E-state index contributed by atoms with van der Waals surface area (Å²) in [5.74, 6) is 0.0658. The molecule has 0 aliphatic carbocycles. The number of aliphatic hydroxyl groups is 3. The predicted octanol–water partition coefficient (Wildman–Crippen LogP) is -1.53. The lowest BCUT2D eigenvalue weighted by Gasteiger charge is -2.18. The number of ether oxygens (including phenoxy) is 1. The Bertz CT molecular complexity index is 571. The molecule has 1 aliphatic rings. The third kappa shape index (κ3) is 2.46. The number of nitrogen functional groups attached to an aromatic ring is 1. The zero-order valence-corrected chi connectivity index (χ0v) is 10.9. The Morgan fingerprint density at radius 1 is 1.50 bits per heavy atom. The normalized spacial score (nSPS) is 30.2. The standard InChI is InChI=1S/C12H17N3O5/c1-2-3-6-4-15(12(19)14-10(6)13)11-9(18)8(17)7(5-16)20-11/h2-4,7-9,11,16-18H,5H2,1H3,(H2,13,14,19)/t7-,8-,9-,11-/m1/s1. The van der Waals surface area contributed by atoms with Crippen LogP contribution in [0.5, 0.6) is 0 Å². The van der Waals surface area contributed by atoms with Crippen LogP contribution in [0.4, 0.5) is 5.82 Å². The van der Waals surface area contributed by atoms with Gasteiger partial charge in [-0.2, -0.15) is 4.98 Å². The first-order valence-electron chi connectivity index (χ1n) is 6.13. The van der Waals surface area contributed by atoms with Gasteiger partial charge in [0.1, 0.15) is 24.1 Å². The molecule has 0 saturated carbocycles. The summed E-state index contributed by atoms with van der Waals surface area (Å²) in [5.41, 5.74) is 5.41. The third-order valence-electron chi connectivity index (χ3n) is 3.15. The summed E-state index contributed by atoms with van der Waals surface area (Å²) in [4.78, 5) is 15.5. The number of hydrogen-bond donors (Lipinski definition) is 4. The minimum Gasteiger partial charge on any atom is -0.394 e. The Morgan fingerprint density at radius 3 is 2.75 bits per heavy atom. The monoisotopic (exact) mass is 283 g/mol. The van der Waals surface area contributed by atoms with Crippen LogP contribution in [0.25, 0.3) is 6.08 Å². The van der Waals surface area contributed by atoms with Gasteiger partial charge in [-0.3, -0.25) is 4.57 Å². The van der Waals surface area contributed by atoms with Crippen LogP contribution in [-0.4, -0.2) is 49.8 Å². The van der Waals surface area contributed by atoms with Crippen LogP contribution < -0.4 is 11.4 Å². The second kappa shape index (κ2) is 5.71. The third-order valence-corrected chi connectivity index (χ3v) is 3.15. The fraction of sp³-hybridized carbons (Fsp3) is 0.500. The van der Waals surface area contributed by atoms with E-state index in [9.17, 15) is 15.0 Å². The fourth-order valence-electron chi connectivity index (χ4n) is 2.10. The van der Waals surface area contributed by atoms with E-state index >= 15 is 0 Å². The molecule has 1 aromatic heterocycles. The molecular weight excluding hydrogens is 266 g/mol. The first kappa shape index (κ1) is 14.7. The summed E-state index contributed by atoms with van der Waals surface area (Å²) in [7, 11) is 0. The van der Waals surface area contributed by atoms with Gasteiger partial charge in [0, 0.05) is 11.8 Å². The summed E-state index contributed by atoms with van der Waals surface area (Å²) in [6.45, 7) is 1.31. The van der Waals surface area contributed by atoms with Crippen LogP contribution in [0.15, 0.2) is 17.1 Å². The zero-order valence-electron chi connectivity index (χ0n) is 10.9. The number of hydrogen-bond acceptors (Lipinski definition) is 7. The molecule has 1 saturated heterocycles. The van der Waals surface area contributed by atoms with E-state index in [1.807, 2.05) is 0 Å². The van der Waals surface area contributed by atoms with Crippen molar-refractivity contribution in [2.75, 3.05) is 12.3 Å². The fourth-order valence-corrected chi connectivity index (χ4v) is 2.10. The van der Waals surface area contributed by atoms with Crippen molar-refractivity contribution in [2.24, 2.45) is 0 Å².